The number of aryl methyl sites for hydroxylation is 2. The van der Waals surface area contributed by atoms with E-state index in [1.807, 2.05) is 0 Å². The van der Waals surface area contributed by atoms with Crippen LogP contribution in [0, 0.1) is 5.92 Å². The van der Waals surface area contributed by atoms with Crippen molar-refractivity contribution in [2.75, 3.05) is 0 Å². The van der Waals surface area contributed by atoms with Crippen molar-refractivity contribution >= 4 is 5.78 Å². The van der Waals surface area contributed by atoms with Gasteiger partial charge in [-0.3, -0.25) is 0 Å². The summed E-state index contributed by atoms with van der Waals surface area (Å²) in [7, 11) is 0. The first-order valence-corrected chi connectivity index (χ1v) is 5.39. The Morgan fingerprint density at radius 2 is 2.13 bits per heavy atom. The summed E-state index contributed by atoms with van der Waals surface area (Å²) in [5.74, 6) is 2.12. The molecular weight excluding hydrogens is 192 g/mol. The van der Waals surface area contributed by atoms with E-state index in [1.54, 1.807) is 6.92 Å². The largest absolute Gasteiger partial charge is 0.339 e. The summed E-state index contributed by atoms with van der Waals surface area (Å²) < 4.78 is 5.03. The predicted octanol–water partition coefficient (Wildman–Crippen LogP) is 2.18. The van der Waals surface area contributed by atoms with E-state index in [9.17, 15) is 4.79 Å². The SMILES string of the molecule is CC(=O)CCc1nc(CCC(C)C)no1. The third-order valence-corrected chi connectivity index (χ3v) is 2.15. The van der Waals surface area contributed by atoms with Crippen LogP contribution in [0.25, 0.3) is 0 Å². The van der Waals surface area contributed by atoms with E-state index in [2.05, 4.69) is 24.0 Å². The standard InChI is InChI=1S/C11H18N2O2/c1-8(2)4-6-10-12-11(15-13-10)7-5-9(3)14/h8H,4-7H2,1-3H3. The van der Waals surface area contributed by atoms with Crippen molar-refractivity contribution in [3.63, 3.8) is 0 Å². The molecule has 4 nitrogen and oxygen atoms in total. The average Bonchev–Trinajstić information content (AvgIpc) is 2.59. The summed E-state index contributed by atoms with van der Waals surface area (Å²) in [4.78, 5) is 15.0. The van der Waals surface area contributed by atoms with E-state index in [0.29, 0.717) is 24.7 Å². The van der Waals surface area contributed by atoms with Crippen molar-refractivity contribution in [2.45, 2.75) is 46.5 Å². The average molecular weight is 210 g/mol. The second-order valence-corrected chi connectivity index (χ2v) is 4.24. The molecule has 0 atom stereocenters. The van der Waals surface area contributed by atoms with E-state index < -0.39 is 0 Å². The number of rotatable bonds is 6. The number of carbonyl (C=O) groups excluding carboxylic acids is 1. The van der Waals surface area contributed by atoms with E-state index >= 15 is 0 Å². The van der Waals surface area contributed by atoms with Gasteiger partial charge < -0.3 is 9.32 Å². The van der Waals surface area contributed by atoms with Gasteiger partial charge in [-0.1, -0.05) is 19.0 Å². The van der Waals surface area contributed by atoms with Crippen molar-refractivity contribution in [1.29, 1.82) is 0 Å². The van der Waals surface area contributed by atoms with Crippen LogP contribution in [-0.2, 0) is 17.6 Å². The smallest absolute Gasteiger partial charge is 0.227 e. The van der Waals surface area contributed by atoms with E-state index in [1.165, 1.54) is 0 Å². The molecule has 1 rings (SSSR count). The van der Waals surface area contributed by atoms with Gasteiger partial charge in [0.05, 0.1) is 0 Å². The Bertz CT molecular complexity index is 318. The quantitative estimate of drug-likeness (QED) is 0.722. The molecule has 0 unspecified atom stereocenters. The highest BCUT2D eigenvalue weighted by atomic mass is 16.5. The molecule has 0 spiro atoms. The van der Waals surface area contributed by atoms with Crippen LogP contribution in [0.4, 0.5) is 0 Å². The second-order valence-electron chi connectivity index (χ2n) is 4.24. The zero-order valence-corrected chi connectivity index (χ0v) is 9.62. The van der Waals surface area contributed by atoms with E-state index in [4.69, 9.17) is 4.52 Å². The molecule has 0 aliphatic rings. The molecule has 0 fully saturated rings. The van der Waals surface area contributed by atoms with E-state index in [0.717, 1.165) is 18.7 Å². The first-order chi connectivity index (χ1) is 7.08. The lowest BCUT2D eigenvalue weighted by molar-refractivity contribution is -0.117. The normalized spacial score (nSPS) is 10.9. The summed E-state index contributed by atoms with van der Waals surface area (Å²) in [6.45, 7) is 5.89. The lowest BCUT2D eigenvalue weighted by Crippen LogP contribution is -1.96. The lowest BCUT2D eigenvalue weighted by Gasteiger charge is -1.98. The van der Waals surface area contributed by atoms with Gasteiger partial charge in [0, 0.05) is 19.3 Å². The Morgan fingerprint density at radius 3 is 2.73 bits per heavy atom. The molecule has 1 aromatic rings. The van der Waals surface area contributed by atoms with Gasteiger partial charge in [0.25, 0.3) is 0 Å². The van der Waals surface area contributed by atoms with Crippen LogP contribution in [0.5, 0.6) is 0 Å². The molecule has 4 heteroatoms. The van der Waals surface area contributed by atoms with Crippen LogP contribution in [0.3, 0.4) is 0 Å². The Hall–Kier alpha value is -1.19. The van der Waals surface area contributed by atoms with Crippen molar-refractivity contribution in [2.24, 2.45) is 5.92 Å². The Balaban J connectivity index is 2.38. The number of nitrogens with zero attached hydrogens (tertiary/aromatic N) is 2. The zero-order valence-electron chi connectivity index (χ0n) is 9.62. The minimum absolute atomic E-state index is 0.150. The maximum Gasteiger partial charge on any atom is 0.227 e. The molecular formula is C11H18N2O2. The summed E-state index contributed by atoms with van der Waals surface area (Å²) in [5, 5.41) is 3.87. The molecule has 0 N–H and O–H groups in total. The highest BCUT2D eigenvalue weighted by molar-refractivity contribution is 5.75. The third kappa shape index (κ3) is 4.72. The van der Waals surface area contributed by atoms with Gasteiger partial charge in [0.2, 0.25) is 5.89 Å². The first kappa shape index (κ1) is 11.9. The third-order valence-electron chi connectivity index (χ3n) is 2.15. The molecule has 0 radical (unpaired) electrons. The van der Waals surface area contributed by atoms with Crippen LogP contribution >= 0.6 is 0 Å². The topological polar surface area (TPSA) is 56.0 Å². The molecule has 84 valence electrons. The summed E-state index contributed by atoms with van der Waals surface area (Å²) in [6, 6.07) is 0. The summed E-state index contributed by atoms with van der Waals surface area (Å²) in [5.41, 5.74) is 0. The lowest BCUT2D eigenvalue weighted by atomic mass is 10.1. The van der Waals surface area contributed by atoms with Gasteiger partial charge in [-0.15, -0.1) is 0 Å². The molecule has 0 bridgehead atoms. The Morgan fingerprint density at radius 1 is 1.40 bits per heavy atom. The summed E-state index contributed by atoms with van der Waals surface area (Å²) >= 11 is 0. The number of ketones is 1. The van der Waals surface area contributed by atoms with Crippen LogP contribution in [0.15, 0.2) is 4.52 Å². The molecule has 0 aliphatic carbocycles. The maximum atomic E-state index is 10.7. The van der Waals surface area contributed by atoms with Crippen molar-refractivity contribution < 1.29 is 9.32 Å². The molecule has 0 aliphatic heterocycles. The highest BCUT2D eigenvalue weighted by Gasteiger charge is 2.07. The van der Waals surface area contributed by atoms with Crippen molar-refractivity contribution in [3.05, 3.63) is 11.7 Å². The van der Waals surface area contributed by atoms with Crippen LogP contribution in [0.1, 0.15) is 45.3 Å². The first-order valence-electron chi connectivity index (χ1n) is 5.39. The molecule has 15 heavy (non-hydrogen) atoms. The molecule has 0 amide bonds. The molecule has 0 saturated carbocycles. The second kappa shape index (κ2) is 5.63. The van der Waals surface area contributed by atoms with Crippen LogP contribution < -0.4 is 0 Å². The van der Waals surface area contributed by atoms with Gasteiger partial charge in [0.15, 0.2) is 5.82 Å². The van der Waals surface area contributed by atoms with Gasteiger partial charge >= 0.3 is 0 Å². The van der Waals surface area contributed by atoms with Gasteiger partial charge in [0.1, 0.15) is 5.78 Å². The number of aromatic nitrogens is 2. The summed E-state index contributed by atoms with van der Waals surface area (Å²) in [6.07, 6.45) is 2.95. The van der Waals surface area contributed by atoms with Gasteiger partial charge in [-0.05, 0) is 19.3 Å². The Labute approximate surface area is 90.1 Å². The zero-order chi connectivity index (χ0) is 11.3. The van der Waals surface area contributed by atoms with Crippen molar-refractivity contribution in [1.82, 2.24) is 10.1 Å². The van der Waals surface area contributed by atoms with E-state index in [-0.39, 0.29) is 5.78 Å². The maximum absolute atomic E-state index is 10.7. The molecule has 0 aromatic carbocycles. The fourth-order valence-electron chi connectivity index (χ4n) is 1.19. The number of hydrogen-bond donors (Lipinski definition) is 0. The number of hydrogen-bond acceptors (Lipinski definition) is 4. The van der Waals surface area contributed by atoms with Crippen molar-refractivity contribution in [3.8, 4) is 0 Å². The number of Topliss-reactive ketones (excluding diaryl/α,β-unsaturated/α-hetero) is 1. The fraction of sp³-hybridized carbons (Fsp3) is 0.727. The minimum Gasteiger partial charge on any atom is -0.339 e. The highest BCUT2D eigenvalue weighted by Crippen LogP contribution is 2.07. The van der Waals surface area contributed by atoms with Crippen LogP contribution in [-0.4, -0.2) is 15.9 Å². The molecule has 1 aromatic heterocycles. The Kier molecular flexibility index (Phi) is 4.46. The van der Waals surface area contributed by atoms with Crippen LogP contribution in [0.2, 0.25) is 0 Å². The minimum atomic E-state index is 0.150. The fourth-order valence-corrected chi connectivity index (χ4v) is 1.19. The molecule has 0 saturated heterocycles. The number of carbonyl (C=O) groups is 1. The predicted molar refractivity (Wildman–Crippen MR) is 56.5 cm³/mol. The van der Waals surface area contributed by atoms with Gasteiger partial charge in [-0.25, -0.2) is 0 Å². The monoisotopic (exact) mass is 210 g/mol. The molecule has 1 heterocycles. The van der Waals surface area contributed by atoms with Gasteiger partial charge in [-0.2, -0.15) is 4.98 Å².